The lowest BCUT2D eigenvalue weighted by Gasteiger charge is -2.25. The third-order valence-electron chi connectivity index (χ3n) is 3.89. The average molecular weight is 260 g/mol. The summed E-state index contributed by atoms with van der Waals surface area (Å²) in [6.45, 7) is 2.91. The van der Waals surface area contributed by atoms with Gasteiger partial charge in [0.1, 0.15) is 5.52 Å². The number of fused-ring (bicyclic) bond motifs is 1. The van der Waals surface area contributed by atoms with Crippen LogP contribution in [0.3, 0.4) is 0 Å². The normalized spacial score (nSPS) is 23.7. The number of hydrogen-bond donors (Lipinski definition) is 2. The summed E-state index contributed by atoms with van der Waals surface area (Å²) in [5.74, 6) is 1.53. The van der Waals surface area contributed by atoms with Crippen molar-refractivity contribution < 1.29 is 5.11 Å². The maximum absolute atomic E-state index is 9.51. The smallest absolute Gasteiger partial charge is 0.152 e. The van der Waals surface area contributed by atoms with Crippen molar-refractivity contribution in [1.82, 2.24) is 14.6 Å². The highest BCUT2D eigenvalue weighted by molar-refractivity contribution is 5.67. The lowest BCUT2D eigenvalue weighted by atomic mass is 9.87. The molecule has 1 fully saturated rings. The fourth-order valence-electron chi connectivity index (χ4n) is 2.77. The zero-order valence-corrected chi connectivity index (χ0v) is 11.2. The number of aliphatic hydroxyl groups is 1. The summed E-state index contributed by atoms with van der Waals surface area (Å²) in [5, 5.41) is 17.3. The van der Waals surface area contributed by atoms with E-state index < -0.39 is 0 Å². The van der Waals surface area contributed by atoms with Crippen LogP contribution in [0.25, 0.3) is 5.52 Å². The van der Waals surface area contributed by atoms with Crippen LogP contribution in [0.1, 0.15) is 31.4 Å². The predicted octanol–water partition coefficient (Wildman–Crippen LogP) is 2.00. The van der Waals surface area contributed by atoms with Gasteiger partial charge in [0.25, 0.3) is 0 Å². The second kappa shape index (κ2) is 5.17. The zero-order chi connectivity index (χ0) is 13.2. The van der Waals surface area contributed by atoms with Gasteiger partial charge >= 0.3 is 0 Å². The Bertz CT molecular complexity index is 558. The second-order valence-corrected chi connectivity index (χ2v) is 5.45. The summed E-state index contributed by atoms with van der Waals surface area (Å²) in [6, 6.07) is 2.04. The van der Waals surface area contributed by atoms with Crippen molar-refractivity contribution in [1.29, 1.82) is 0 Å². The van der Waals surface area contributed by atoms with E-state index in [-0.39, 0.29) is 6.10 Å². The Kier molecular flexibility index (Phi) is 3.38. The molecule has 1 aliphatic rings. The van der Waals surface area contributed by atoms with Crippen molar-refractivity contribution in [2.45, 2.75) is 38.7 Å². The van der Waals surface area contributed by atoms with Gasteiger partial charge in [-0.25, -0.2) is 9.50 Å². The number of nitrogens with one attached hydrogen (secondary N) is 1. The van der Waals surface area contributed by atoms with Gasteiger partial charge in [0, 0.05) is 18.9 Å². The minimum atomic E-state index is -0.0877. The molecule has 0 bridgehead atoms. The van der Waals surface area contributed by atoms with Crippen molar-refractivity contribution in [3.05, 3.63) is 24.2 Å². The lowest BCUT2D eigenvalue weighted by molar-refractivity contribution is 0.111. The number of hydrogen-bond acceptors (Lipinski definition) is 4. The van der Waals surface area contributed by atoms with E-state index in [4.69, 9.17) is 0 Å². The van der Waals surface area contributed by atoms with Crippen LogP contribution in [0.2, 0.25) is 0 Å². The highest BCUT2D eigenvalue weighted by Crippen LogP contribution is 2.25. The van der Waals surface area contributed by atoms with Crippen molar-refractivity contribution in [2.24, 2.45) is 5.92 Å². The SMILES string of the molecule is Cc1cc2c(NCC3CCC(O)CC3)nccn2n1. The summed E-state index contributed by atoms with van der Waals surface area (Å²) >= 11 is 0. The number of aromatic nitrogens is 3. The van der Waals surface area contributed by atoms with Crippen LogP contribution < -0.4 is 5.32 Å². The summed E-state index contributed by atoms with van der Waals surface area (Å²) < 4.78 is 1.86. The van der Waals surface area contributed by atoms with E-state index in [1.54, 1.807) is 6.20 Å². The van der Waals surface area contributed by atoms with E-state index in [0.717, 1.165) is 49.3 Å². The fraction of sp³-hybridized carbons (Fsp3) is 0.571. The highest BCUT2D eigenvalue weighted by atomic mass is 16.3. The minimum Gasteiger partial charge on any atom is -0.393 e. The second-order valence-electron chi connectivity index (χ2n) is 5.45. The van der Waals surface area contributed by atoms with E-state index in [1.807, 2.05) is 23.7 Å². The van der Waals surface area contributed by atoms with Crippen LogP contribution in [0.15, 0.2) is 18.5 Å². The molecule has 5 nitrogen and oxygen atoms in total. The van der Waals surface area contributed by atoms with Gasteiger partial charge in [-0.2, -0.15) is 5.10 Å². The van der Waals surface area contributed by atoms with Crippen LogP contribution >= 0.6 is 0 Å². The highest BCUT2D eigenvalue weighted by Gasteiger charge is 2.19. The van der Waals surface area contributed by atoms with Crippen molar-refractivity contribution in [3.8, 4) is 0 Å². The monoisotopic (exact) mass is 260 g/mol. The van der Waals surface area contributed by atoms with Gasteiger partial charge in [0.05, 0.1) is 11.8 Å². The van der Waals surface area contributed by atoms with Crippen LogP contribution in [0, 0.1) is 12.8 Å². The Hall–Kier alpha value is -1.62. The number of aliphatic hydroxyl groups excluding tert-OH is 1. The first-order valence-electron chi connectivity index (χ1n) is 6.95. The Labute approximate surface area is 112 Å². The average Bonchev–Trinajstić information content (AvgIpc) is 2.79. The number of nitrogens with zero attached hydrogens (tertiary/aromatic N) is 3. The molecular weight excluding hydrogens is 240 g/mol. The molecule has 0 saturated heterocycles. The van der Waals surface area contributed by atoms with Crippen molar-refractivity contribution >= 4 is 11.3 Å². The Morgan fingerprint density at radius 1 is 1.37 bits per heavy atom. The fourth-order valence-corrected chi connectivity index (χ4v) is 2.77. The van der Waals surface area contributed by atoms with Crippen LogP contribution in [0.5, 0.6) is 0 Å². The first kappa shape index (κ1) is 12.4. The molecule has 19 heavy (non-hydrogen) atoms. The number of rotatable bonds is 3. The minimum absolute atomic E-state index is 0.0877. The molecule has 2 aromatic rings. The lowest BCUT2D eigenvalue weighted by Crippen LogP contribution is -2.23. The standard InChI is InChI=1S/C14H20N4O/c1-10-8-13-14(15-6-7-18(13)17-10)16-9-11-2-4-12(19)5-3-11/h6-8,11-12,19H,2-5,9H2,1H3,(H,15,16). The van der Waals surface area contributed by atoms with Gasteiger partial charge in [-0.3, -0.25) is 0 Å². The third kappa shape index (κ3) is 2.71. The third-order valence-corrected chi connectivity index (χ3v) is 3.89. The molecule has 0 radical (unpaired) electrons. The molecule has 1 aliphatic carbocycles. The van der Waals surface area contributed by atoms with Gasteiger partial charge in [0.2, 0.25) is 0 Å². The molecule has 0 atom stereocenters. The Morgan fingerprint density at radius 2 is 2.16 bits per heavy atom. The Morgan fingerprint density at radius 3 is 2.95 bits per heavy atom. The molecule has 0 aromatic carbocycles. The molecular formula is C14H20N4O. The van der Waals surface area contributed by atoms with Crippen LogP contribution in [-0.2, 0) is 0 Å². The first-order chi connectivity index (χ1) is 9.22. The maximum atomic E-state index is 9.51. The van der Waals surface area contributed by atoms with Crippen LogP contribution in [0.4, 0.5) is 5.82 Å². The molecule has 2 heterocycles. The molecule has 102 valence electrons. The van der Waals surface area contributed by atoms with Crippen molar-refractivity contribution in [3.63, 3.8) is 0 Å². The summed E-state index contributed by atoms with van der Waals surface area (Å²) in [6.07, 6.45) is 7.59. The van der Waals surface area contributed by atoms with Gasteiger partial charge in [-0.05, 0) is 44.6 Å². The molecule has 0 aliphatic heterocycles. The van der Waals surface area contributed by atoms with Crippen LogP contribution in [-0.4, -0.2) is 32.4 Å². The van der Waals surface area contributed by atoms with E-state index in [2.05, 4.69) is 15.4 Å². The zero-order valence-electron chi connectivity index (χ0n) is 11.2. The number of anilines is 1. The van der Waals surface area contributed by atoms with Gasteiger partial charge in [0.15, 0.2) is 5.82 Å². The quantitative estimate of drug-likeness (QED) is 0.886. The molecule has 3 rings (SSSR count). The molecule has 5 heteroatoms. The van der Waals surface area contributed by atoms with E-state index in [9.17, 15) is 5.11 Å². The summed E-state index contributed by atoms with van der Waals surface area (Å²) in [4.78, 5) is 4.40. The van der Waals surface area contributed by atoms with E-state index in [1.165, 1.54) is 0 Å². The maximum Gasteiger partial charge on any atom is 0.152 e. The molecule has 2 N–H and O–H groups in total. The summed E-state index contributed by atoms with van der Waals surface area (Å²) in [5.41, 5.74) is 2.02. The number of aryl methyl sites for hydroxylation is 1. The largest absolute Gasteiger partial charge is 0.393 e. The van der Waals surface area contributed by atoms with E-state index in [0.29, 0.717) is 5.92 Å². The molecule has 2 aromatic heterocycles. The van der Waals surface area contributed by atoms with E-state index >= 15 is 0 Å². The van der Waals surface area contributed by atoms with Gasteiger partial charge < -0.3 is 10.4 Å². The van der Waals surface area contributed by atoms with Gasteiger partial charge in [-0.15, -0.1) is 0 Å². The predicted molar refractivity (Wildman–Crippen MR) is 74.2 cm³/mol. The molecule has 0 amide bonds. The topological polar surface area (TPSA) is 62.5 Å². The molecule has 0 spiro atoms. The first-order valence-corrected chi connectivity index (χ1v) is 6.95. The Balaban J connectivity index is 1.68. The van der Waals surface area contributed by atoms with Gasteiger partial charge in [-0.1, -0.05) is 0 Å². The molecule has 1 saturated carbocycles. The summed E-state index contributed by atoms with van der Waals surface area (Å²) in [7, 11) is 0. The van der Waals surface area contributed by atoms with Crippen molar-refractivity contribution in [2.75, 3.05) is 11.9 Å². The molecule has 0 unspecified atom stereocenters.